The van der Waals surface area contributed by atoms with Crippen molar-refractivity contribution in [1.82, 2.24) is 30.4 Å². The number of guanidine groups is 1. The van der Waals surface area contributed by atoms with Gasteiger partial charge in [0.2, 0.25) is 0 Å². The van der Waals surface area contributed by atoms with Crippen molar-refractivity contribution in [2.45, 2.75) is 20.3 Å². The molecular weight excluding hydrogens is 479 g/mol. The van der Waals surface area contributed by atoms with Crippen molar-refractivity contribution in [2.75, 3.05) is 32.0 Å². The molecule has 0 saturated heterocycles. The van der Waals surface area contributed by atoms with E-state index in [9.17, 15) is 0 Å². The fourth-order valence-electron chi connectivity index (χ4n) is 3.22. The molecule has 8 nitrogen and oxygen atoms in total. The summed E-state index contributed by atoms with van der Waals surface area (Å²) in [5, 5.41) is 15.1. The molecule has 0 aliphatic carbocycles. The highest BCUT2D eigenvalue weighted by molar-refractivity contribution is 14.0. The maximum absolute atomic E-state index is 4.31. The molecular formula is C20H29IN8. The first-order chi connectivity index (χ1) is 13.6. The maximum Gasteiger partial charge on any atom is 0.191 e. The van der Waals surface area contributed by atoms with Crippen molar-refractivity contribution in [2.24, 2.45) is 12.0 Å². The van der Waals surface area contributed by atoms with E-state index in [4.69, 9.17) is 0 Å². The number of anilines is 1. The van der Waals surface area contributed by atoms with Gasteiger partial charge in [-0.15, -0.1) is 24.0 Å². The molecule has 156 valence electrons. The highest BCUT2D eigenvalue weighted by atomic mass is 127. The summed E-state index contributed by atoms with van der Waals surface area (Å²) in [6, 6.07) is 6.66. The van der Waals surface area contributed by atoms with Gasteiger partial charge in [0.15, 0.2) is 11.6 Å². The van der Waals surface area contributed by atoms with E-state index in [1.54, 1.807) is 24.3 Å². The Balaban J connectivity index is 0.00000300. The van der Waals surface area contributed by atoms with Crippen LogP contribution in [-0.4, -0.2) is 52.4 Å². The molecule has 2 heterocycles. The predicted octanol–water partition coefficient (Wildman–Crippen LogP) is 2.42. The van der Waals surface area contributed by atoms with Crippen molar-refractivity contribution in [3.63, 3.8) is 0 Å². The van der Waals surface area contributed by atoms with Gasteiger partial charge in [0.1, 0.15) is 12.1 Å². The average molecular weight is 508 g/mol. The molecule has 29 heavy (non-hydrogen) atoms. The smallest absolute Gasteiger partial charge is 0.191 e. The second-order valence-electron chi connectivity index (χ2n) is 6.83. The number of aromatic nitrogens is 4. The zero-order valence-electron chi connectivity index (χ0n) is 17.4. The van der Waals surface area contributed by atoms with Gasteiger partial charge < -0.3 is 16.0 Å². The molecule has 2 aromatic heterocycles. The number of aliphatic imine (C=N–C) groups is 1. The minimum Gasteiger partial charge on any atom is -0.368 e. The largest absolute Gasteiger partial charge is 0.368 e. The third kappa shape index (κ3) is 6.28. The van der Waals surface area contributed by atoms with Crippen LogP contribution in [0.4, 0.5) is 5.82 Å². The van der Waals surface area contributed by atoms with Crippen molar-refractivity contribution in [3.05, 3.63) is 47.4 Å². The highest BCUT2D eigenvalue weighted by Gasteiger charge is 2.07. The number of hydrogen-bond acceptors (Lipinski definition) is 5. The lowest BCUT2D eigenvalue weighted by Gasteiger charge is -2.13. The lowest BCUT2D eigenvalue weighted by Crippen LogP contribution is -2.40. The summed E-state index contributed by atoms with van der Waals surface area (Å²) in [6.45, 7) is 6.52. The Morgan fingerprint density at radius 1 is 1.03 bits per heavy atom. The number of rotatable bonds is 7. The van der Waals surface area contributed by atoms with Crippen LogP contribution in [0.3, 0.4) is 0 Å². The molecule has 3 N–H and O–H groups in total. The van der Waals surface area contributed by atoms with Gasteiger partial charge in [0.25, 0.3) is 0 Å². The predicted molar refractivity (Wildman–Crippen MR) is 129 cm³/mol. The second-order valence-corrected chi connectivity index (χ2v) is 6.83. The van der Waals surface area contributed by atoms with Gasteiger partial charge in [0.05, 0.1) is 11.6 Å². The minimum atomic E-state index is 0. The fraction of sp³-hybridized carbons (Fsp3) is 0.400. The number of aryl methyl sites for hydroxylation is 3. The van der Waals surface area contributed by atoms with Gasteiger partial charge in [-0.3, -0.25) is 9.67 Å². The van der Waals surface area contributed by atoms with Gasteiger partial charge in [-0.2, -0.15) is 5.10 Å². The molecule has 0 saturated carbocycles. The maximum atomic E-state index is 4.31. The molecule has 0 bridgehead atoms. The topological polar surface area (TPSA) is 92.1 Å². The molecule has 1 aromatic carbocycles. The molecule has 0 radical (unpaired) electrons. The van der Waals surface area contributed by atoms with Gasteiger partial charge in [0, 0.05) is 33.7 Å². The SMILES string of the molecule is CN=C(NCCNc1ncnc2c1cnn2C)NCCc1cc(C)cc(C)c1.I. The van der Waals surface area contributed by atoms with E-state index in [0.717, 1.165) is 42.3 Å². The van der Waals surface area contributed by atoms with Gasteiger partial charge in [-0.1, -0.05) is 29.3 Å². The van der Waals surface area contributed by atoms with E-state index in [0.29, 0.717) is 6.54 Å². The summed E-state index contributed by atoms with van der Waals surface area (Å²) < 4.78 is 1.74. The summed E-state index contributed by atoms with van der Waals surface area (Å²) in [5.41, 5.74) is 4.76. The molecule has 3 aromatic rings. The molecule has 0 aliphatic heterocycles. The van der Waals surface area contributed by atoms with Gasteiger partial charge >= 0.3 is 0 Å². The summed E-state index contributed by atoms with van der Waals surface area (Å²) in [7, 11) is 3.65. The molecule has 3 rings (SSSR count). The van der Waals surface area contributed by atoms with Crippen molar-refractivity contribution in [3.8, 4) is 0 Å². The van der Waals surface area contributed by atoms with Crippen molar-refractivity contribution >= 4 is 46.8 Å². The summed E-state index contributed by atoms with van der Waals surface area (Å²) in [5.74, 6) is 1.58. The van der Waals surface area contributed by atoms with Crippen molar-refractivity contribution < 1.29 is 0 Å². The van der Waals surface area contributed by atoms with E-state index in [1.807, 2.05) is 7.05 Å². The Hall–Kier alpha value is -2.43. The van der Waals surface area contributed by atoms with Crippen LogP contribution in [0, 0.1) is 13.8 Å². The van der Waals surface area contributed by atoms with Crippen LogP contribution in [0.15, 0.2) is 35.7 Å². The third-order valence-corrected chi connectivity index (χ3v) is 4.45. The molecule has 0 fully saturated rings. The molecule has 0 spiro atoms. The number of halogens is 1. The number of nitrogens with one attached hydrogen (secondary N) is 3. The normalized spacial score (nSPS) is 11.2. The van der Waals surface area contributed by atoms with Crippen LogP contribution in [0.5, 0.6) is 0 Å². The lowest BCUT2D eigenvalue weighted by atomic mass is 10.1. The molecule has 0 unspecified atom stereocenters. The van der Waals surface area contributed by atoms with E-state index in [1.165, 1.54) is 16.7 Å². The number of hydrogen-bond donors (Lipinski definition) is 3. The van der Waals surface area contributed by atoms with E-state index >= 15 is 0 Å². The third-order valence-electron chi connectivity index (χ3n) is 4.45. The molecule has 9 heteroatoms. The first-order valence-electron chi connectivity index (χ1n) is 9.45. The van der Waals surface area contributed by atoms with Crippen LogP contribution < -0.4 is 16.0 Å². The van der Waals surface area contributed by atoms with Crippen LogP contribution in [0.25, 0.3) is 11.0 Å². The van der Waals surface area contributed by atoms with Crippen LogP contribution >= 0.6 is 24.0 Å². The Kier molecular flexibility index (Phi) is 8.62. The second kappa shape index (κ2) is 10.9. The zero-order valence-corrected chi connectivity index (χ0v) is 19.7. The standard InChI is InChI=1S/C20H28N8.HI/c1-14-9-15(2)11-16(10-14)5-6-23-20(21-3)24-8-7-22-18-17-12-27-28(4)19(17)26-13-25-18;/h9-13H,5-8H2,1-4H3,(H2,21,23,24)(H,22,25,26);1H. The van der Waals surface area contributed by atoms with Crippen LogP contribution in [0.2, 0.25) is 0 Å². The molecule has 0 amide bonds. The fourth-order valence-corrected chi connectivity index (χ4v) is 3.22. The summed E-state index contributed by atoms with van der Waals surface area (Å²) >= 11 is 0. The van der Waals surface area contributed by atoms with Crippen LogP contribution in [0.1, 0.15) is 16.7 Å². The van der Waals surface area contributed by atoms with E-state index in [2.05, 4.69) is 68.1 Å². The first kappa shape index (κ1) is 22.9. The van der Waals surface area contributed by atoms with Crippen molar-refractivity contribution in [1.29, 1.82) is 0 Å². The Morgan fingerprint density at radius 3 is 2.48 bits per heavy atom. The zero-order chi connectivity index (χ0) is 19.9. The lowest BCUT2D eigenvalue weighted by molar-refractivity contribution is 0.785. The average Bonchev–Trinajstić information content (AvgIpc) is 3.05. The molecule has 0 atom stereocenters. The molecule has 0 aliphatic rings. The van der Waals surface area contributed by atoms with E-state index in [-0.39, 0.29) is 24.0 Å². The Bertz CT molecular complexity index is 946. The van der Waals surface area contributed by atoms with Gasteiger partial charge in [-0.25, -0.2) is 9.97 Å². The summed E-state index contributed by atoms with van der Waals surface area (Å²) in [4.78, 5) is 12.8. The first-order valence-corrected chi connectivity index (χ1v) is 9.45. The number of benzene rings is 1. The Morgan fingerprint density at radius 2 is 1.76 bits per heavy atom. The Labute approximate surface area is 188 Å². The minimum absolute atomic E-state index is 0. The highest BCUT2D eigenvalue weighted by Crippen LogP contribution is 2.17. The summed E-state index contributed by atoms with van der Waals surface area (Å²) in [6.07, 6.45) is 4.28. The van der Waals surface area contributed by atoms with E-state index < -0.39 is 0 Å². The van der Waals surface area contributed by atoms with Crippen LogP contribution in [-0.2, 0) is 13.5 Å². The quantitative estimate of drug-likeness (QED) is 0.197. The number of fused-ring (bicyclic) bond motifs is 1. The number of nitrogens with zero attached hydrogens (tertiary/aromatic N) is 5. The van der Waals surface area contributed by atoms with Gasteiger partial charge in [-0.05, 0) is 25.8 Å². The monoisotopic (exact) mass is 508 g/mol.